The molecule has 2 radical (unpaired) electrons. The Morgan fingerprint density at radius 1 is 1.62 bits per heavy atom. The minimum absolute atomic E-state index is 0. The molecule has 7 heteroatoms. The molecule has 0 saturated carbocycles. The molecule has 0 heterocycles. The number of hydrogen-bond acceptors (Lipinski definition) is 4. The summed E-state index contributed by atoms with van der Waals surface area (Å²) >= 11 is 0. The molecule has 0 fully saturated rings. The van der Waals surface area contributed by atoms with Crippen LogP contribution in [0.15, 0.2) is 0 Å². The van der Waals surface area contributed by atoms with E-state index in [9.17, 15) is 8.42 Å². The summed E-state index contributed by atoms with van der Waals surface area (Å²) in [6, 6.07) is 0. The molecule has 0 amide bonds. The van der Waals surface area contributed by atoms with E-state index in [0.717, 1.165) is 6.26 Å². The van der Waals surface area contributed by atoms with Crippen LogP contribution in [0.4, 0.5) is 0 Å². The maximum atomic E-state index is 9.34. The van der Waals surface area contributed by atoms with Gasteiger partial charge in [-0.15, -0.1) is 5.26 Å². The third kappa shape index (κ3) is 9.91. The van der Waals surface area contributed by atoms with Gasteiger partial charge in [0.1, 0.15) is 0 Å². The molecule has 8 heavy (non-hydrogen) atoms. The van der Waals surface area contributed by atoms with Crippen molar-refractivity contribution in [2.75, 3.05) is 0 Å². The van der Waals surface area contributed by atoms with E-state index in [4.69, 9.17) is 9.81 Å². The molecule has 0 bridgehead atoms. The van der Waals surface area contributed by atoms with E-state index >= 15 is 0 Å². The van der Waals surface area contributed by atoms with Crippen LogP contribution < -0.4 is 0 Å². The Morgan fingerprint density at radius 2 is 2.00 bits per heavy atom. The fraction of sp³-hybridized carbons (Fsp3) is 0. The van der Waals surface area contributed by atoms with Crippen molar-refractivity contribution in [1.82, 2.24) is 0 Å². The zero-order valence-electron chi connectivity index (χ0n) is 3.73. The standard InChI is InChI=1S/CHNO4S.Ba/c2-1-6-7(3,4)5;/h(H,3,4,5);. The Morgan fingerprint density at radius 3 is 2.00 bits per heavy atom. The molecule has 0 rings (SSSR count). The largest absolute Gasteiger partial charge is 0.456 e. The maximum absolute atomic E-state index is 9.34. The van der Waals surface area contributed by atoms with E-state index in [0.29, 0.717) is 0 Å². The van der Waals surface area contributed by atoms with E-state index < -0.39 is 10.4 Å². The summed E-state index contributed by atoms with van der Waals surface area (Å²) < 4.78 is 29.3. The van der Waals surface area contributed by atoms with Gasteiger partial charge in [-0.3, -0.25) is 8.74 Å². The summed E-state index contributed by atoms with van der Waals surface area (Å²) in [5.41, 5.74) is 0. The zero-order valence-corrected chi connectivity index (χ0v) is 8.99. The van der Waals surface area contributed by atoms with Crippen LogP contribution in [-0.2, 0) is 14.6 Å². The van der Waals surface area contributed by atoms with Gasteiger partial charge in [0, 0.05) is 48.9 Å². The maximum Gasteiger partial charge on any atom is 0.456 e. The molecule has 1 N–H and O–H groups in total. The predicted octanol–water partition coefficient (Wildman–Crippen LogP) is -1.09. The van der Waals surface area contributed by atoms with E-state index in [1.54, 1.807) is 0 Å². The van der Waals surface area contributed by atoms with Gasteiger partial charge in [0.25, 0.3) is 0 Å². The first-order chi connectivity index (χ1) is 3.06. The van der Waals surface area contributed by atoms with Gasteiger partial charge in [0.15, 0.2) is 0 Å². The van der Waals surface area contributed by atoms with Crippen LogP contribution in [0.1, 0.15) is 0 Å². The number of nitrogens with zero attached hydrogens (tertiary/aromatic N) is 1. The molecule has 0 unspecified atom stereocenters. The molecule has 0 atom stereocenters. The van der Waals surface area contributed by atoms with E-state index in [1.165, 1.54) is 0 Å². The number of rotatable bonds is 1. The summed E-state index contributed by atoms with van der Waals surface area (Å²) in [6.45, 7) is 0. The molecule has 0 aliphatic carbocycles. The monoisotopic (exact) mass is 261 g/mol. The third-order valence-corrected chi connectivity index (χ3v) is 0.428. The minimum Gasteiger partial charge on any atom is -0.281 e. The molecule has 42 valence electrons. The Labute approximate surface area is 86.7 Å². The predicted molar refractivity (Wildman–Crippen MR) is 24.0 cm³/mol. The van der Waals surface area contributed by atoms with Gasteiger partial charge in [-0.1, -0.05) is 0 Å². The molecule has 0 saturated heterocycles. The Bertz CT molecular complexity index is 177. The molecular formula is CHBaNO4S. The molecule has 0 aromatic heterocycles. The SMILES string of the molecule is N#COS(=O)(=O)O.[Ba]. The van der Waals surface area contributed by atoms with Crippen molar-refractivity contribution in [3.63, 3.8) is 0 Å². The van der Waals surface area contributed by atoms with Crippen LogP contribution in [-0.4, -0.2) is 61.9 Å². The van der Waals surface area contributed by atoms with Gasteiger partial charge in [-0.05, 0) is 0 Å². The average Bonchev–Trinajstić information content (AvgIpc) is 1.30. The Hall–Kier alpha value is 0.771. The van der Waals surface area contributed by atoms with Crippen LogP contribution >= 0.6 is 0 Å². The minimum atomic E-state index is -4.54. The van der Waals surface area contributed by atoms with E-state index in [2.05, 4.69) is 4.18 Å². The molecule has 5 nitrogen and oxygen atoms in total. The van der Waals surface area contributed by atoms with Crippen LogP contribution in [0.3, 0.4) is 0 Å². The van der Waals surface area contributed by atoms with Gasteiger partial charge in [0.2, 0.25) is 0 Å². The van der Waals surface area contributed by atoms with Gasteiger partial charge >= 0.3 is 16.7 Å². The summed E-state index contributed by atoms with van der Waals surface area (Å²) in [6.07, 6.45) is 0.770. The Balaban J connectivity index is 0. The molecule has 0 aliphatic rings. The molecule has 0 aromatic rings. The smallest absolute Gasteiger partial charge is 0.281 e. The summed E-state index contributed by atoms with van der Waals surface area (Å²) in [7, 11) is -4.54. The fourth-order valence-corrected chi connectivity index (χ4v) is 0.141. The first kappa shape index (κ1) is 11.6. The second-order valence-electron chi connectivity index (χ2n) is 0.602. The van der Waals surface area contributed by atoms with Crippen molar-refractivity contribution in [2.45, 2.75) is 0 Å². The first-order valence-electron chi connectivity index (χ1n) is 1.11. The number of nitriles is 1. The van der Waals surface area contributed by atoms with Crippen molar-refractivity contribution < 1.29 is 17.2 Å². The summed E-state index contributed by atoms with van der Waals surface area (Å²) in [5, 5.41) is 7.39. The van der Waals surface area contributed by atoms with E-state index in [-0.39, 0.29) is 48.9 Å². The Kier molecular flexibility index (Phi) is 6.69. The van der Waals surface area contributed by atoms with Gasteiger partial charge in [-0.25, -0.2) is 0 Å². The van der Waals surface area contributed by atoms with Gasteiger partial charge in [-0.2, -0.15) is 8.42 Å². The van der Waals surface area contributed by atoms with Crippen LogP contribution in [0.25, 0.3) is 0 Å². The fourth-order valence-electron chi connectivity index (χ4n) is 0.0471. The summed E-state index contributed by atoms with van der Waals surface area (Å²) in [4.78, 5) is 0. The zero-order chi connectivity index (χ0) is 5.91. The second kappa shape index (κ2) is 4.63. The topological polar surface area (TPSA) is 87.4 Å². The van der Waals surface area contributed by atoms with Gasteiger partial charge < -0.3 is 0 Å². The van der Waals surface area contributed by atoms with E-state index in [1.807, 2.05) is 0 Å². The molecular weight excluding hydrogens is 259 g/mol. The molecule has 0 aliphatic heterocycles. The van der Waals surface area contributed by atoms with Crippen LogP contribution in [0.2, 0.25) is 0 Å². The van der Waals surface area contributed by atoms with Gasteiger partial charge in [0.05, 0.1) is 0 Å². The number of hydrogen-bond donors (Lipinski definition) is 1. The molecule has 0 spiro atoms. The van der Waals surface area contributed by atoms with Crippen LogP contribution in [0, 0.1) is 11.5 Å². The van der Waals surface area contributed by atoms with Crippen molar-refractivity contribution in [2.24, 2.45) is 0 Å². The van der Waals surface area contributed by atoms with Crippen LogP contribution in [0.5, 0.6) is 0 Å². The normalized spacial score (nSPS) is 8.50. The van der Waals surface area contributed by atoms with Crippen molar-refractivity contribution in [1.29, 1.82) is 5.26 Å². The van der Waals surface area contributed by atoms with Crippen molar-refractivity contribution >= 4 is 59.3 Å². The average molecular weight is 260 g/mol. The molecule has 0 aromatic carbocycles. The quantitative estimate of drug-likeness (QED) is 0.367. The van der Waals surface area contributed by atoms with Crippen molar-refractivity contribution in [3.8, 4) is 6.26 Å². The second-order valence-corrected chi connectivity index (χ2v) is 1.62. The van der Waals surface area contributed by atoms with Crippen molar-refractivity contribution in [3.05, 3.63) is 0 Å². The first-order valence-corrected chi connectivity index (χ1v) is 2.48. The summed E-state index contributed by atoms with van der Waals surface area (Å²) in [5.74, 6) is 0. The third-order valence-electron chi connectivity index (χ3n) is 0.143.